The fraction of sp³-hybridized carbons (Fsp3) is 0.583. The van der Waals surface area contributed by atoms with E-state index in [2.05, 4.69) is 32.6 Å². The first-order valence-corrected chi connectivity index (χ1v) is 16.8. The minimum absolute atomic E-state index is 0.0117. The Hall–Kier alpha value is -4.45. The molecule has 1 fully saturated rings. The van der Waals surface area contributed by atoms with Crippen LogP contribution in [0.4, 0.5) is 4.79 Å². The van der Waals surface area contributed by atoms with Crippen molar-refractivity contribution < 1.29 is 43.1 Å². The van der Waals surface area contributed by atoms with E-state index in [4.69, 9.17) is 28.4 Å². The van der Waals surface area contributed by atoms with Crippen LogP contribution in [0.3, 0.4) is 0 Å². The Bertz CT molecular complexity index is 1730. The van der Waals surface area contributed by atoms with Gasteiger partial charge in [0.1, 0.15) is 23.4 Å². The number of benzene rings is 2. The van der Waals surface area contributed by atoms with Gasteiger partial charge in [-0.1, -0.05) is 6.07 Å². The number of hydrogen-bond acceptors (Lipinski definition) is 12. The van der Waals surface area contributed by atoms with Crippen LogP contribution >= 0.6 is 0 Å². The first-order valence-electron chi connectivity index (χ1n) is 16.8. The van der Waals surface area contributed by atoms with Crippen LogP contribution in [0.5, 0.6) is 28.7 Å². The zero-order valence-electron chi connectivity index (χ0n) is 30.1. The van der Waals surface area contributed by atoms with Gasteiger partial charge < -0.3 is 44.2 Å². The molecule has 14 nitrogen and oxygen atoms in total. The molecule has 6 rings (SSSR count). The van der Waals surface area contributed by atoms with E-state index < -0.39 is 35.7 Å². The SMILES string of the molecule is COCOc1c(OC)c(C)cc2c1[C@H]1C3Cc4c(O)c(C)c5c(c4[C@H](CNC(=O)C(C)NC(=O)OC(C)(C)C)N3[C@@H](C#N)[C@@H](C2)N1C)OCO5. The number of fused-ring (bicyclic) bond motifs is 9. The lowest BCUT2D eigenvalue weighted by Crippen LogP contribution is -2.69. The third kappa shape index (κ3) is 5.91. The number of ether oxygens (including phenoxy) is 6. The van der Waals surface area contributed by atoms with Gasteiger partial charge in [-0.25, -0.2) is 4.79 Å². The molecular weight excluding hydrogens is 646 g/mol. The molecule has 4 heterocycles. The summed E-state index contributed by atoms with van der Waals surface area (Å²) in [5.41, 5.74) is 4.08. The molecule has 0 saturated carbocycles. The van der Waals surface area contributed by atoms with Crippen LogP contribution in [-0.4, -0.2) is 98.1 Å². The first-order chi connectivity index (χ1) is 23.7. The van der Waals surface area contributed by atoms with Gasteiger partial charge in [-0.05, 0) is 72.6 Å². The van der Waals surface area contributed by atoms with Crippen LogP contribution in [-0.2, 0) is 27.1 Å². The minimum Gasteiger partial charge on any atom is -0.507 e. The molecule has 0 aromatic heterocycles. The second kappa shape index (κ2) is 13.4. The predicted molar refractivity (Wildman–Crippen MR) is 181 cm³/mol. The van der Waals surface area contributed by atoms with Gasteiger partial charge in [0.2, 0.25) is 12.7 Å². The summed E-state index contributed by atoms with van der Waals surface area (Å²) in [5.74, 6) is 1.78. The molecule has 2 amide bonds. The number of piperazine rings is 1. The average Bonchev–Trinajstić information content (AvgIpc) is 3.54. The van der Waals surface area contributed by atoms with Gasteiger partial charge >= 0.3 is 6.09 Å². The van der Waals surface area contributed by atoms with Gasteiger partial charge in [0.25, 0.3) is 0 Å². The maximum Gasteiger partial charge on any atom is 0.408 e. The molecule has 4 aliphatic heterocycles. The second-order valence-electron chi connectivity index (χ2n) is 14.4. The van der Waals surface area contributed by atoms with Crippen LogP contribution in [0.2, 0.25) is 0 Å². The number of nitrogens with zero attached hydrogens (tertiary/aromatic N) is 3. The summed E-state index contributed by atoms with van der Waals surface area (Å²) in [7, 11) is 5.20. The number of aromatic hydroxyl groups is 1. The van der Waals surface area contributed by atoms with E-state index in [9.17, 15) is 20.0 Å². The highest BCUT2D eigenvalue weighted by molar-refractivity contribution is 5.85. The topological polar surface area (TPSA) is 164 Å². The van der Waals surface area contributed by atoms with E-state index in [1.165, 1.54) is 0 Å². The number of aryl methyl sites for hydroxylation is 1. The molecule has 50 heavy (non-hydrogen) atoms. The van der Waals surface area contributed by atoms with Gasteiger partial charge in [0.15, 0.2) is 29.8 Å². The monoisotopic (exact) mass is 693 g/mol. The normalized spacial score (nSPS) is 24.2. The maximum atomic E-state index is 13.5. The highest BCUT2D eigenvalue weighted by Gasteiger charge is 2.57. The molecule has 2 unspecified atom stereocenters. The molecule has 0 aliphatic carbocycles. The molecule has 0 spiro atoms. The number of alkyl carbamates (subject to hydrolysis) is 1. The summed E-state index contributed by atoms with van der Waals surface area (Å²) in [4.78, 5) is 30.4. The lowest BCUT2D eigenvalue weighted by molar-refractivity contribution is -0.123. The molecule has 14 heteroatoms. The molecule has 2 aromatic carbocycles. The maximum absolute atomic E-state index is 13.5. The summed E-state index contributed by atoms with van der Waals surface area (Å²) >= 11 is 0. The fourth-order valence-electron chi connectivity index (χ4n) is 8.18. The zero-order chi connectivity index (χ0) is 36.2. The molecule has 270 valence electrons. The third-order valence-electron chi connectivity index (χ3n) is 10.2. The quantitative estimate of drug-likeness (QED) is 0.345. The van der Waals surface area contributed by atoms with Crippen LogP contribution in [0.25, 0.3) is 0 Å². The number of rotatable bonds is 8. The minimum atomic E-state index is -0.915. The molecule has 3 N–H and O–H groups in total. The number of amides is 2. The molecule has 0 radical (unpaired) electrons. The number of carbonyl (C=O) groups excluding carboxylic acids is 2. The van der Waals surface area contributed by atoms with Crippen LogP contribution in [0, 0.1) is 25.2 Å². The van der Waals surface area contributed by atoms with Crippen molar-refractivity contribution in [3.63, 3.8) is 0 Å². The van der Waals surface area contributed by atoms with E-state index in [0.29, 0.717) is 52.5 Å². The van der Waals surface area contributed by atoms with E-state index in [0.717, 1.165) is 16.7 Å². The van der Waals surface area contributed by atoms with Crippen LogP contribution in [0.15, 0.2) is 6.07 Å². The summed E-state index contributed by atoms with van der Waals surface area (Å²) in [6.45, 7) is 10.6. The van der Waals surface area contributed by atoms with Crippen molar-refractivity contribution in [2.75, 3.05) is 41.4 Å². The summed E-state index contributed by atoms with van der Waals surface area (Å²) in [5, 5.41) is 28.2. The molecule has 4 aliphatic rings. The number of nitriles is 1. The zero-order valence-corrected chi connectivity index (χ0v) is 30.1. The summed E-state index contributed by atoms with van der Waals surface area (Å²) in [6, 6.07) is 1.73. The van der Waals surface area contributed by atoms with Crippen molar-refractivity contribution in [3.8, 4) is 34.8 Å². The van der Waals surface area contributed by atoms with Gasteiger partial charge in [-0.15, -0.1) is 0 Å². The van der Waals surface area contributed by atoms with Gasteiger partial charge in [-0.2, -0.15) is 5.26 Å². The Labute approximate surface area is 292 Å². The fourth-order valence-corrected chi connectivity index (χ4v) is 8.18. The van der Waals surface area contributed by atoms with Crippen LogP contribution in [0.1, 0.15) is 73.2 Å². The van der Waals surface area contributed by atoms with E-state index in [1.807, 2.05) is 14.0 Å². The molecule has 6 atom stereocenters. The highest BCUT2D eigenvalue weighted by atomic mass is 16.7. The van der Waals surface area contributed by atoms with Crippen molar-refractivity contribution in [1.82, 2.24) is 20.4 Å². The predicted octanol–water partition coefficient (Wildman–Crippen LogP) is 3.53. The highest BCUT2D eigenvalue weighted by Crippen LogP contribution is 2.58. The number of phenols is 1. The van der Waals surface area contributed by atoms with E-state index in [-0.39, 0.29) is 44.0 Å². The lowest BCUT2D eigenvalue weighted by Gasteiger charge is -2.60. The number of phenolic OH excluding ortho intramolecular Hbond substituents is 1. The number of likely N-dealkylation sites (N-methyl/N-ethyl adjacent to an activating group) is 1. The van der Waals surface area contributed by atoms with Gasteiger partial charge in [-0.3, -0.25) is 14.6 Å². The van der Waals surface area contributed by atoms with Crippen molar-refractivity contribution in [3.05, 3.63) is 39.4 Å². The Morgan fingerprint density at radius 2 is 1.84 bits per heavy atom. The van der Waals surface area contributed by atoms with Gasteiger partial charge in [0.05, 0.1) is 25.3 Å². The molecule has 1 saturated heterocycles. The number of methoxy groups -OCH3 is 2. The Morgan fingerprint density at radius 3 is 2.50 bits per heavy atom. The summed E-state index contributed by atoms with van der Waals surface area (Å²) < 4.78 is 34.7. The Kier molecular flexibility index (Phi) is 9.45. The van der Waals surface area contributed by atoms with Gasteiger partial charge in [0, 0.05) is 48.0 Å². The smallest absolute Gasteiger partial charge is 0.408 e. The third-order valence-corrected chi connectivity index (χ3v) is 10.2. The standard InChI is InChI=1S/C36H47N5O9/c1-17-10-20-11-22-24(13-37)41-23(28(40(22)7)26(20)32(30(17)46-9)47-15-45-8)12-21-27(33-31(48-16-49-33)18(2)29(21)42)25(41)14-38-34(43)19(3)39-35(44)50-36(4,5)6/h10,19,22-25,28,42H,11-12,14-16H2,1-9H3,(H,38,43)(H,39,44)/t19?,22-,23?,24+,25+,28-/m1/s1. The van der Waals surface area contributed by atoms with E-state index in [1.54, 1.807) is 48.8 Å². The first kappa shape index (κ1) is 35.4. The van der Waals surface area contributed by atoms with Crippen molar-refractivity contribution in [2.45, 2.75) is 96.2 Å². The Morgan fingerprint density at radius 1 is 1.12 bits per heavy atom. The largest absolute Gasteiger partial charge is 0.507 e. The van der Waals surface area contributed by atoms with Crippen molar-refractivity contribution >= 4 is 12.0 Å². The molecule has 2 bridgehead atoms. The van der Waals surface area contributed by atoms with Crippen molar-refractivity contribution in [2.24, 2.45) is 0 Å². The molecular formula is C36H47N5O9. The van der Waals surface area contributed by atoms with Crippen LogP contribution < -0.4 is 29.6 Å². The van der Waals surface area contributed by atoms with Crippen molar-refractivity contribution in [1.29, 1.82) is 5.26 Å². The number of carbonyl (C=O) groups is 2. The average molecular weight is 694 g/mol. The molecule has 2 aromatic rings. The number of hydrogen-bond donors (Lipinski definition) is 3. The second-order valence-corrected chi connectivity index (χ2v) is 14.4. The van der Waals surface area contributed by atoms with E-state index >= 15 is 0 Å². The number of nitrogens with one attached hydrogen (secondary N) is 2. The summed E-state index contributed by atoms with van der Waals surface area (Å²) in [6.07, 6.45) is 0.232. The lowest BCUT2D eigenvalue weighted by atomic mass is 9.71. The Balaban J connectivity index is 1.46.